The van der Waals surface area contributed by atoms with Crippen LogP contribution in [0.2, 0.25) is 10.0 Å². The number of benzene rings is 4. The van der Waals surface area contributed by atoms with Crippen LogP contribution in [0.3, 0.4) is 0 Å². The SMILES string of the molecule is CNC(=O)c1ccccc1C(=O)N(CCc1cn(CCc2ccc(Cl)c(Cl)c2)c2ccccc12)CCN1CCN(C(=O)Cc2ccccc2)CC1. The highest BCUT2D eigenvalue weighted by molar-refractivity contribution is 6.42. The number of nitrogens with zero attached hydrogens (tertiary/aromatic N) is 4. The van der Waals surface area contributed by atoms with E-state index in [2.05, 4.69) is 33.1 Å². The van der Waals surface area contributed by atoms with Gasteiger partial charge in [0.15, 0.2) is 0 Å². The molecule has 5 aromatic rings. The van der Waals surface area contributed by atoms with Crippen LogP contribution in [-0.2, 0) is 30.6 Å². The molecule has 1 fully saturated rings. The summed E-state index contributed by atoms with van der Waals surface area (Å²) in [5.74, 6) is -0.325. The molecule has 1 aromatic heterocycles. The number of rotatable bonds is 13. The standard InChI is InChI=1S/C41H43Cl2N5O3/c1-44-40(50)34-12-5-6-13-35(34)41(51)47(26-23-45-21-24-46(25-22-45)39(49)28-30-9-3-2-4-10-30)20-18-32-29-48(38-14-8-7-11-33(32)38)19-17-31-15-16-36(42)37(43)27-31/h2-16,27,29H,17-26,28H2,1H3,(H,44,50). The molecule has 6 rings (SSSR count). The van der Waals surface area contributed by atoms with E-state index in [0.717, 1.165) is 53.6 Å². The van der Waals surface area contributed by atoms with Gasteiger partial charge < -0.3 is 19.7 Å². The number of fused-ring (bicyclic) bond motifs is 1. The van der Waals surface area contributed by atoms with Gasteiger partial charge in [0.2, 0.25) is 5.91 Å². The highest BCUT2D eigenvalue weighted by Crippen LogP contribution is 2.26. The molecule has 0 saturated carbocycles. The Morgan fingerprint density at radius 3 is 2.18 bits per heavy atom. The molecule has 0 spiro atoms. The second-order valence-electron chi connectivity index (χ2n) is 12.9. The van der Waals surface area contributed by atoms with Gasteiger partial charge in [-0.25, -0.2) is 0 Å². The number of aromatic nitrogens is 1. The Balaban J connectivity index is 1.15. The molecule has 3 amide bonds. The summed E-state index contributed by atoms with van der Waals surface area (Å²) >= 11 is 12.4. The Bertz CT molecular complexity index is 1990. The van der Waals surface area contributed by atoms with E-state index >= 15 is 0 Å². The van der Waals surface area contributed by atoms with Crippen LogP contribution in [0.15, 0.2) is 103 Å². The van der Waals surface area contributed by atoms with Crippen molar-refractivity contribution < 1.29 is 14.4 Å². The van der Waals surface area contributed by atoms with Gasteiger partial charge in [-0.3, -0.25) is 19.3 Å². The lowest BCUT2D eigenvalue weighted by molar-refractivity contribution is -0.132. The van der Waals surface area contributed by atoms with E-state index in [1.54, 1.807) is 31.3 Å². The van der Waals surface area contributed by atoms with E-state index in [-0.39, 0.29) is 17.7 Å². The Kier molecular flexibility index (Phi) is 12.1. The highest BCUT2D eigenvalue weighted by Gasteiger charge is 2.25. The van der Waals surface area contributed by atoms with Gasteiger partial charge >= 0.3 is 0 Å². The van der Waals surface area contributed by atoms with E-state index in [4.69, 9.17) is 23.2 Å². The van der Waals surface area contributed by atoms with Gasteiger partial charge in [0.1, 0.15) is 0 Å². The van der Waals surface area contributed by atoms with Gasteiger partial charge in [-0.1, -0.05) is 89.9 Å². The summed E-state index contributed by atoms with van der Waals surface area (Å²) in [6, 6.07) is 30.9. The first kappa shape index (κ1) is 36.2. The van der Waals surface area contributed by atoms with E-state index < -0.39 is 0 Å². The molecular weight excluding hydrogens is 681 g/mol. The Morgan fingerprint density at radius 1 is 0.725 bits per heavy atom. The van der Waals surface area contributed by atoms with E-state index in [1.807, 2.05) is 70.5 Å². The van der Waals surface area contributed by atoms with Crippen molar-refractivity contribution in [3.05, 3.63) is 141 Å². The lowest BCUT2D eigenvalue weighted by Gasteiger charge is -2.36. The van der Waals surface area contributed by atoms with Crippen molar-refractivity contribution in [2.45, 2.75) is 25.8 Å². The van der Waals surface area contributed by atoms with Gasteiger partial charge in [-0.15, -0.1) is 0 Å². The number of carbonyl (C=O) groups excluding carboxylic acids is 3. The summed E-state index contributed by atoms with van der Waals surface area (Å²) in [4.78, 5) is 46.1. The van der Waals surface area contributed by atoms with Crippen LogP contribution in [-0.4, -0.2) is 89.8 Å². The lowest BCUT2D eigenvalue weighted by atomic mass is 10.0. The molecule has 1 aliphatic rings. The predicted octanol–water partition coefficient (Wildman–Crippen LogP) is 6.62. The number of hydrogen-bond donors (Lipinski definition) is 1. The van der Waals surface area contributed by atoms with Crippen molar-refractivity contribution in [1.29, 1.82) is 0 Å². The number of halogens is 2. The molecule has 0 atom stereocenters. The van der Waals surface area contributed by atoms with Crippen LogP contribution in [0.4, 0.5) is 0 Å². The molecule has 0 radical (unpaired) electrons. The summed E-state index contributed by atoms with van der Waals surface area (Å²) in [7, 11) is 1.57. The topological polar surface area (TPSA) is 77.9 Å². The smallest absolute Gasteiger partial charge is 0.254 e. The van der Waals surface area contributed by atoms with E-state index in [9.17, 15) is 14.4 Å². The summed E-state index contributed by atoms with van der Waals surface area (Å²) in [6.07, 6.45) is 4.03. The summed E-state index contributed by atoms with van der Waals surface area (Å²) in [5.41, 5.74) is 5.16. The molecular formula is C41H43Cl2N5O3. The average molecular weight is 725 g/mol. The number of aryl methyl sites for hydroxylation is 2. The molecule has 1 aliphatic heterocycles. The third-order valence-electron chi connectivity index (χ3n) is 9.67. The summed E-state index contributed by atoms with van der Waals surface area (Å²) < 4.78 is 2.26. The Labute approximate surface area is 309 Å². The maximum absolute atomic E-state index is 14.2. The van der Waals surface area contributed by atoms with Crippen molar-refractivity contribution in [2.75, 3.05) is 52.9 Å². The molecule has 0 bridgehead atoms. The number of carbonyl (C=O) groups is 3. The zero-order valence-corrected chi connectivity index (χ0v) is 30.4. The fourth-order valence-corrected chi connectivity index (χ4v) is 7.08. The molecule has 10 heteroatoms. The first-order chi connectivity index (χ1) is 24.8. The van der Waals surface area contributed by atoms with Crippen molar-refractivity contribution in [3.63, 3.8) is 0 Å². The van der Waals surface area contributed by atoms with Gasteiger partial charge in [-0.05, 0) is 59.9 Å². The van der Waals surface area contributed by atoms with Crippen molar-refractivity contribution >= 4 is 51.8 Å². The third-order valence-corrected chi connectivity index (χ3v) is 10.4. The second kappa shape index (κ2) is 17.1. The molecule has 4 aromatic carbocycles. The number of nitrogens with one attached hydrogen (secondary N) is 1. The van der Waals surface area contributed by atoms with Crippen LogP contribution >= 0.6 is 23.2 Å². The van der Waals surface area contributed by atoms with Gasteiger partial charge in [0, 0.05) is 76.5 Å². The Morgan fingerprint density at radius 2 is 1.43 bits per heavy atom. The van der Waals surface area contributed by atoms with Gasteiger partial charge in [-0.2, -0.15) is 0 Å². The normalized spacial score (nSPS) is 13.4. The maximum atomic E-state index is 14.2. The highest BCUT2D eigenvalue weighted by atomic mass is 35.5. The number of amides is 3. The lowest BCUT2D eigenvalue weighted by Crippen LogP contribution is -2.51. The summed E-state index contributed by atoms with van der Waals surface area (Å²) in [5, 5.41) is 4.92. The first-order valence-corrected chi connectivity index (χ1v) is 18.2. The van der Waals surface area contributed by atoms with Crippen LogP contribution in [0, 0.1) is 0 Å². The van der Waals surface area contributed by atoms with E-state index in [0.29, 0.717) is 66.7 Å². The minimum Gasteiger partial charge on any atom is -0.355 e. The molecule has 1 saturated heterocycles. The molecule has 0 unspecified atom stereocenters. The molecule has 1 N–H and O–H groups in total. The first-order valence-electron chi connectivity index (χ1n) is 17.5. The molecule has 8 nitrogen and oxygen atoms in total. The zero-order chi connectivity index (χ0) is 35.7. The van der Waals surface area contributed by atoms with E-state index in [1.165, 1.54) is 0 Å². The zero-order valence-electron chi connectivity index (χ0n) is 28.9. The number of piperazine rings is 1. The number of para-hydroxylation sites is 1. The largest absolute Gasteiger partial charge is 0.355 e. The van der Waals surface area contributed by atoms with Crippen LogP contribution in [0.1, 0.15) is 37.4 Å². The minimum absolute atomic E-state index is 0.139. The average Bonchev–Trinajstić information content (AvgIpc) is 3.52. The molecule has 2 heterocycles. The molecule has 264 valence electrons. The van der Waals surface area contributed by atoms with Crippen molar-refractivity contribution in [2.24, 2.45) is 0 Å². The molecule has 0 aliphatic carbocycles. The van der Waals surface area contributed by atoms with Crippen LogP contribution in [0.5, 0.6) is 0 Å². The summed E-state index contributed by atoms with van der Waals surface area (Å²) in [6.45, 7) is 5.20. The fraction of sp³-hybridized carbons (Fsp3) is 0.293. The minimum atomic E-state index is -0.291. The monoisotopic (exact) mass is 723 g/mol. The number of hydrogen-bond acceptors (Lipinski definition) is 4. The second-order valence-corrected chi connectivity index (χ2v) is 13.7. The molecule has 51 heavy (non-hydrogen) atoms. The fourth-order valence-electron chi connectivity index (χ4n) is 6.76. The van der Waals surface area contributed by atoms with Crippen LogP contribution in [0.25, 0.3) is 10.9 Å². The Hall–Kier alpha value is -4.63. The van der Waals surface area contributed by atoms with Gasteiger partial charge in [0.25, 0.3) is 11.8 Å². The quantitative estimate of drug-likeness (QED) is 0.148. The van der Waals surface area contributed by atoms with Gasteiger partial charge in [0.05, 0.1) is 27.6 Å². The van der Waals surface area contributed by atoms with Crippen molar-refractivity contribution in [1.82, 2.24) is 24.6 Å². The van der Waals surface area contributed by atoms with Crippen molar-refractivity contribution in [3.8, 4) is 0 Å². The van der Waals surface area contributed by atoms with Crippen LogP contribution < -0.4 is 5.32 Å². The maximum Gasteiger partial charge on any atom is 0.254 e. The predicted molar refractivity (Wildman–Crippen MR) is 205 cm³/mol. The third kappa shape index (κ3) is 9.00.